The van der Waals surface area contributed by atoms with E-state index in [0.717, 1.165) is 36.1 Å². The van der Waals surface area contributed by atoms with Gasteiger partial charge in [0.05, 0.1) is 155 Å². The molecule has 0 bridgehead atoms. The van der Waals surface area contributed by atoms with Gasteiger partial charge < -0.3 is 76.3 Å². The zero-order valence-electron chi connectivity index (χ0n) is 46.9. The van der Waals surface area contributed by atoms with Crippen LogP contribution in [0.25, 0.3) is 33.4 Å². The summed E-state index contributed by atoms with van der Waals surface area (Å²) in [7, 11) is 28.7. The zero-order valence-corrected chi connectivity index (χ0v) is 48.4. The molecule has 19 heteroatoms. The van der Waals surface area contributed by atoms with Gasteiger partial charge in [-0.3, -0.25) is 4.79 Å². The van der Waals surface area contributed by atoms with Crippen LogP contribution < -0.4 is 40.0 Å². The summed E-state index contributed by atoms with van der Waals surface area (Å²) in [4.78, 5) is 40.4. The van der Waals surface area contributed by atoms with Crippen LogP contribution in [-0.2, 0) is 36.6 Å². The number of carboxylic acids is 2. The van der Waals surface area contributed by atoms with Crippen LogP contribution in [-0.4, -0.2) is 190 Å². The highest BCUT2D eigenvalue weighted by Gasteiger charge is 2.27. The van der Waals surface area contributed by atoms with E-state index < -0.39 is 36.0 Å². The Morgan fingerprint density at radius 3 is 1.49 bits per heavy atom. The number of fused-ring (bicyclic) bond motifs is 2. The van der Waals surface area contributed by atoms with Crippen LogP contribution in [0.15, 0.2) is 57.7 Å². The van der Waals surface area contributed by atoms with Gasteiger partial charge in [0.2, 0.25) is 5.43 Å². The molecular weight excluding hydrogens is 1010 g/mol. The maximum Gasteiger partial charge on any atom is 0.204 e. The van der Waals surface area contributed by atoms with E-state index in [1.165, 1.54) is 19.2 Å². The lowest BCUT2D eigenvalue weighted by molar-refractivity contribution is -0.849. The first-order chi connectivity index (χ1) is 34.9. The summed E-state index contributed by atoms with van der Waals surface area (Å²) in [6.45, 7) is 6.71. The van der Waals surface area contributed by atoms with Gasteiger partial charge >= 0.3 is 0 Å². The number of hydrogen-bond acceptors (Lipinski definition) is 14. The van der Waals surface area contributed by atoms with Crippen molar-refractivity contribution in [2.75, 3.05) is 174 Å². The average molecular weight is 1090 g/mol. The van der Waals surface area contributed by atoms with Crippen molar-refractivity contribution in [3.63, 3.8) is 0 Å². The number of carboxylic acid groups (broad SMARTS) is 2. The largest absolute Gasteiger partial charge is 0.871 e. The molecular formula is C56H81Cl2N5O12. The number of carbonyl (C=O) groups excluding carboxylic acids is 2. The van der Waals surface area contributed by atoms with Gasteiger partial charge in [-0.2, -0.15) is 0 Å². The van der Waals surface area contributed by atoms with Crippen molar-refractivity contribution in [3.05, 3.63) is 85.5 Å². The molecule has 1 fully saturated rings. The van der Waals surface area contributed by atoms with Crippen molar-refractivity contribution in [2.24, 2.45) is 0 Å². The number of nitrogens with zero attached hydrogens (tertiary/aromatic N) is 5. The molecule has 0 atom stereocenters. The molecule has 2 aliphatic heterocycles. The number of aliphatic carboxylic acids is 2. The molecule has 0 N–H and O–H groups in total. The van der Waals surface area contributed by atoms with Gasteiger partial charge in [0.25, 0.3) is 0 Å². The lowest BCUT2D eigenvalue weighted by Crippen LogP contribution is -2.33. The number of methoxy groups -OCH3 is 2. The average Bonchev–Trinajstić information content (AvgIpc) is 3.30. The normalized spacial score (nSPS) is 14.3. The molecule has 0 unspecified atom stereocenters. The Balaban J connectivity index is 0.000000867. The summed E-state index contributed by atoms with van der Waals surface area (Å²) >= 11 is 13.3. The predicted octanol–water partition coefficient (Wildman–Crippen LogP) is 4.98. The molecule has 0 aromatic heterocycles. The third kappa shape index (κ3) is 22.0. The standard InChI is InChI=1S/C44H48Cl2N2O12.3C4H12N/c1-26-4-8-32(34(22-26)55-2)47-12-16-57-17-13-48(15-19-59-21-20-58-18-14-47)33-9-5-27(25-35(33)56-3)38-30-23-28(6-10-36(49)50)41(53)39(45)43(30)60-44-31(38)24-29(7-11-37(51)52)42(54)40(44)46;3*1-5(2,3)4/h4-5,8-9,22-25,53H,6-7,10-21H2,1-3H3,(H,49,50)(H,51,52);3*1-4H3/q;3*+1/p-3. The topological polar surface area (TPSA) is 186 Å². The quantitative estimate of drug-likeness (QED) is 0.127. The molecule has 1 saturated heterocycles. The summed E-state index contributed by atoms with van der Waals surface area (Å²) < 4.78 is 38.9. The second kappa shape index (κ2) is 29.2. The second-order valence-corrected chi connectivity index (χ2v) is 23.0. The lowest BCUT2D eigenvalue weighted by Gasteiger charge is -2.28. The van der Waals surface area contributed by atoms with Gasteiger partial charge in [0.15, 0.2) is 11.3 Å². The molecule has 17 nitrogen and oxygen atoms in total. The third-order valence-electron chi connectivity index (χ3n) is 10.3. The Labute approximate surface area is 454 Å². The number of rotatable bonds is 11. The minimum absolute atomic E-state index is 0.0727. The summed E-state index contributed by atoms with van der Waals surface area (Å²) in [5.74, 6) is -2.18. The highest BCUT2D eigenvalue weighted by atomic mass is 35.5. The molecule has 0 saturated carbocycles. The van der Waals surface area contributed by atoms with Crippen molar-refractivity contribution in [1.29, 1.82) is 0 Å². The van der Waals surface area contributed by atoms with E-state index >= 15 is 0 Å². The van der Waals surface area contributed by atoms with E-state index in [1.807, 2.05) is 37.3 Å². The maximum atomic E-state index is 13.3. The first kappa shape index (κ1) is 63.9. The number of ether oxygens (including phenoxy) is 5. The Bertz CT molecular complexity index is 2630. The van der Waals surface area contributed by atoms with Crippen molar-refractivity contribution in [3.8, 4) is 39.7 Å². The van der Waals surface area contributed by atoms with Gasteiger partial charge in [-0.05, 0) is 80.1 Å². The maximum absolute atomic E-state index is 13.3. The highest BCUT2D eigenvalue weighted by molar-refractivity contribution is 6.37. The number of halogens is 2. The van der Waals surface area contributed by atoms with E-state index in [2.05, 4.69) is 94.4 Å². The lowest BCUT2D eigenvalue weighted by atomic mass is 9.90. The van der Waals surface area contributed by atoms with Crippen LogP contribution in [0.2, 0.25) is 10.0 Å². The summed E-state index contributed by atoms with van der Waals surface area (Å²) in [5, 5.41) is 35.8. The van der Waals surface area contributed by atoms with Crippen LogP contribution >= 0.6 is 23.2 Å². The zero-order chi connectivity index (χ0) is 56.4. The molecule has 6 rings (SSSR count). The number of carbonyl (C=O) groups is 2. The van der Waals surface area contributed by atoms with Gasteiger partial charge in [-0.1, -0.05) is 46.6 Å². The molecule has 3 aliphatic rings. The van der Waals surface area contributed by atoms with Crippen molar-refractivity contribution >= 4 is 57.5 Å². The third-order valence-corrected chi connectivity index (χ3v) is 11.0. The fourth-order valence-electron chi connectivity index (χ4n) is 7.28. The second-order valence-electron chi connectivity index (χ2n) is 22.3. The van der Waals surface area contributed by atoms with Crippen LogP contribution in [0.3, 0.4) is 0 Å². The fourth-order valence-corrected chi connectivity index (χ4v) is 7.80. The molecule has 0 spiro atoms. The predicted molar refractivity (Wildman–Crippen MR) is 294 cm³/mol. The minimum atomic E-state index is -1.35. The van der Waals surface area contributed by atoms with Crippen LogP contribution in [0.5, 0.6) is 17.2 Å². The Morgan fingerprint density at radius 1 is 0.613 bits per heavy atom. The molecule has 1 aliphatic carbocycles. The molecule has 0 amide bonds. The molecule has 75 heavy (non-hydrogen) atoms. The van der Waals surface area contributed by atoms with Crippen LogP contribution in [0, 0.1) is 6.92 Å². The van der Waals surface area contributed by atoms with Gasteiger partial charge in [0, 0.05) is 60.2 Å². The Morgan fingerprint density at radius 2 is 1.04 bits per heavy atom. The van der Waals surface area contributed by atoms with E-state index in [0.29, 0.717) is 93.6 Å². The summed E-state index contributed by atoms with van der Waals surface area (Å²) in [6.07, 6.45) is -1.21. The van der Waals surface area contributed by atoms with Gasteiger partial charge in [-0.25, -0.2) is 0 Å². The van der Waals surface area contributed by atoms with Crippen LogP contribution in [0.1, 0.15) is 29.5 Å². The monoisotopic (exact) mass is 1090 g/mol. The van der Waals surface area contributed by atoms with Crippen molar-refractivity contribution in [2.45, 2.75) is 32.6 Å². The number of anilines is 2. The van der Waals surface area contributed by atoms with Crippen molar-refractivity contribution in [1.82, 2.24) is 0 Å². The van der Waals surface area contributed by atoms with E-state index in [9.17, 15) is 29.7 Å². The summed E-state index contributed by atoms with van der Waals surface area (Å²) in [6, 6.07) is 14.5. The highest BCUT2D eigenvalue weighted by Crippen LogP contribution is 2.48. The minimum Gasteiger partial charge on any atom is -0.871 e. The van der Waals surface area contributed by atoms with E-state index in [-0.39, 0.29) is 45.4 Å². The first-order valence-corrected chi connectivity index (χ1v) is 25.6. The van der Waals surface area contributed by atoms with Crippen molar-refractivity contribution < 1.29 is 66.5 Å². The number of benzene rings is 4. The Hall–Kier alpha value is -5.37. The molecule has 3 aromatic carbocycles. The van der Waals surface area contributed by atoms with Gasteiger partial charge in [-0.15, -0.1) is 0 Å². The van der Waals surface area contributed by atoms with E-state index in [4.69, 9.17) is 51.3 Å². The van der Waals surface area contributed by atoms with Crippen LogP contribution in [0.4, 0.5) is 11.4 Å². The number of quaternary nitrogens is 3. The molecule has 2 heterocycles. The smallest absolute Gasteiger partial charge is 0.204 e. The van der Waals surface area contributed by atoms with E-state index in [1.54, 1.807) is 13.2 Å². The van der Waals surface area contributed by atoms with Gasteiger partial charge in [0.1, 0.15) is 16.5 Å². The first-order valence-electron chi connectivity index (χ1n) is 24.8. The summed E-state index contributed by atoms with van der Waals surface area (Å²) in [5.41, 5.74) is 3.55. The number of aryl methyl sites for hydroxylation is 3. The molecule has 3 aromatic rings. The molecule has 0 radical (unpaired) electrons. The molecule has 416 valence electrons. The SMILES string of the molecule is COc1cc(C)ccc1N1CCOCCOCCN(c2ccc(-c3c4cc(CCC(=O)[O-])c(=O)c(Cl)c-4oc4c(Cl)c([O-])c(CCC(=O)[O-])cc34)cc2OC)CCOCC1.C[N+](C)(C)C.C[N+](C)(C)C.C[N+](C)(C)C. The fraction of sp³-hybridized carbons (Fsp3) is 0.518. The Kier molecular flexibility index (Phi) is 24.9. The number of hydrogen-bond donors (Lipinski definition) is 0.